The lowest BCUT2D eigenvalue weighted by atomic mass is 10.2. The molecule has 22 heavy (non-hydrogen) atoms. The molecule has 1 N–H and O–H groups in total. The molecule has 1 aromatic rings. The molecule has 0 atom stereocenters. The summed E-state index contributed by atoms with van der Waals surface area (Å²) in [7, 11) is 0. The largest absolute Gasteiger partial charge is 0.469 e. The molecule has 1 fully saturated rings. The summed E-state index contributed by atoms with van der Waals surface area (Å²) in [6.45, 7) is 5.58. The van der Waals surface area contributed by atoms with Crippen LogP contribution in [0, 0.1) is 19.3 Å². The number of terminal acetylenes is 1. The second-order valence-electron chi connectivity index (χ2n) is 5.25. The summed E-state index contributed by atoms with van der Waals surface area (Å²) in [5.41, 5.74) is 0.465. The second-order valence-corrected chi connectivity index (χ2v) is 5.25. The number of nitrogens with zero attached hydrogens (tertiary/aromatic N) is 2. The summed E-state index contributed by atoms with van der Waals surface area (Å²) >= 11 is 0. The summed E-state index contributed by atoms with van der Waals surface area (Å²) < 4.78 is 5.08. The van der Waals surface area contributed by atoms with Gasteiger partial charge in [-0.3, -0.25) is 14.5 Å². The van der Waals surface area contributed by atoms with Crippen molar-refractivity contribution in [3.05, 3.63) is 23.7 Å². The fourth-order valence-electron chi connectivity index (χ4n) is 2.43. The van der Waals surface area contributed by atoms with E-state index in [0.29, 0.717) is 24.4 Å². The Hall–Kier alpha value is -2.26. The van der Waals surface area contributed by atoms with E-state index in [0.717, 1.165) is 26.1 Å². The van der Waals surface area contributed by atoms with Crippen molar-refractivity contribution >= 4 is 11.8 Å². The second kappa shape index (κ2) is 7.66. The highest BCUT2D eigenvalue weighted by Gasteiger charge is 2.21. The number of carbonyl (C=O) groups excluding carboxylic acids is 2. The molecule has 6 nitrogen and oxygen atoms in total. The highest BCUT2D eigenvalue weighted by atomic mass is 16.3. The van der Waals surface area contributed by atoms with Crippen LogP contribution in [0.4, 0.5) is 0 Å². The number of hydrogen-bond acceptors (Lipinski definition) is 4. The lowest BCUT2D eigenvalue weighted by Crippen LogP contribution is -2.51. The number of aryl methyl sites for hydroxylation is 1. The Balaban J connectivity index is 1.74. The molecule has 0 bridgehead atoms. The summed E-state index contributed by atoms with van der Waals surface area (Å²) in [5.74, 6) is 2.82. The maximum absolute atomic E-state index is 12.1. The molecule has 6 heteroatoms. The molecule has 1 aliphatic rings. The molecule has 0 aliphatic carbocycles. The Morgan fingerprint density at radius 2 is 2.09 bits per heavy atom. The van der Waals surface area contributed by atoms with Crippen molar-refractivity contribution in [1.29, 1.82) is 0 Å². The highest BCUT2D eigenvalue weighted by Crippen LogP contribution is 2.08. The Labute approximate surface area is 130 Å². The maximum atomic E-state index is 12.1. The molecule has 0 spiro atoms. The zero-order valence-corrected chi connectivity index (χ0v) is 12.8. The standard InChI is InChI=1S/C16H21N3O3/c1-3-4-6-18-7-9-19(10-8-18)15(20)12-17-16(21)14-5-11-22-13(14)2/h1,5,11H,4,6-10,12H2,2H3,(H,17,21). The Bertz CT molecular complexity index is 565. The zero-order chi connectivity index (χ0) is 15.9. The van der Waals surface area contributed by atoms with E-state index < -0.39 is 0 Å². The van der Waals surface area contributed by atoms with Crippen LogP contribution >= 0.6 is 0 Å². The van der Waals surface area contributed by atoms with Crippen LogP contribution in [0.5, 0.6) is 0 Å². The van der Waals surface area contributed by atoms with Crippen LogP contribution in [0.1, 0.15) is 22.5 Å². The predicted molar refractivity (Wildman–Crippen MR) is 82.2 cm³/mol. The average Bonchev–Trinajstić information content (AvgIpc) is 2.97. The maximum Gasteiger partial charge on any atom is 0.255 e. The molecule has 2 heterocycles. The molecule has 1 saturated heterocycles. The first-order valence-electron chi connectivity index (χ1n) is 7.37. The zero-order valence-electron chi connectivity index (χ0n) is 12.8. The molecule has 0 aromatic carbocycles. The fourth-order valence-corrected chi connectivity index (χ4v) is 2.43. The quantitative estimate of drug-likeness (QED) is 0.804. The highest BCUT2D eigenvalue weighted by molar-refractivity contribution is 5.97. The van der Waals surface area contributed by atoms with Crippen molar-refractivity contribution in [2.75, 3.05) is 39.3 Å². The minimum atomic E-state index is -0.285. The van der Waals surface area contributed by atoms with Crippen LogP contribution in [0.3, 0.4) is 0 Å². The summed E-state index contributed by atoms with van der Waals surface area (Å²) in [6, 6.07) is 1.60. The van der Waals surface area contributed by atoms with Gasteiger partial charge in [-0.25, -0.2) is 0 Å². The minimum Gasteiger partial charge on any atom is -0.469 e. The van der Waals surface area contributed by atoms with Gasteiger partial charge < -0.3 is 14.6 Å². The Morgan fingerprint density at radius 3 is 2.68 bits per heavy atom. The smallest absolute Gasteiger partial charge is 0.255 e. The van der Waals surface area contributed by atoms with Crippen LogP contribution in [0.25, 0.3) is 0 Å². The topological polar surface area (TPSA) is 65.8 Å². The molecule has 2 rings (SSSR count). The lowest BCUT2D eigenvalue weighted by Gasteiger charge is -2.34. The van der Waals surface area contributed by atoms with Gasteiger partial charge in [0.2, 0.25) is 5.91 Å². The fraction of sp³-hybridized carbons (Fsp3) is 0.500. The molecular weight excluding hydrogens is 282 g/mol. The van der Waals surface area contributed by atoms with E-state index in [1.54, 1.807) is 17.9 Å². The van der Waals surface area contributed by atoms with Crippen molar-refractivity contribution in [3.8, 4) is 12.3 Å². The number of rotatable bonds is 5. The van der Waals surface area contributed by atoms with Gasteiger partial charge in [0.25, 0.3) is 5.91 Å². The monoisotopic (exact) mass is 303 g/mol. The summed E-state index contributed by atoms with van der Waals surface area (Å²) in [5, 5.41) is 2.64. The molecule has 0 saturated carbocycles. The van der Waals surface area contributed by atoms with E-state index in [1.807, 2.05) is 0 Å². The van der Waals surface area contributed by atoms with E-state index in [9.17, 15) is 9.59 Å². The first-order chi connectivity index (χ1) is 10.6. The van der Waals surface area contributed by atoms with Gasteiger partial charge in [0, 0.05) is 39.1 Å². The number of furan rings is 1. The summed E-state index contributed by atoms with van der Waals surface area (Å²) in [6.07, 6.45) is 7.44. The number of amides is 2. The van der Waals surface area contributed by atoms with Gasteiger partial charge in [-0.1, -0.05) is 0 Å². The Kier molecular flexibility index (Phi) is 5.61. The van der Waals surface area contributed by atoms with E-state index in [4.69, 9.17) is 10.8 Å². The van der Waals surface area contributed by atoms with Gasteiger partial charge in [-0.2, -0.15) is 0 Å². The molecule has 1 aromatic heterocycles. The van der Waals surface area contributed by atoms with Gasteiger partial charge in [0.05, 0.1) is 18.4 Å². The first-order valence-corrected chi connectivity index (χ1v) is 7.37. The van der Waals surface area contributed by atoms with Gasteiger partial charge in [0.15, 0.2) is 0 Å². The van der Waals surface area contributed by atoms with Crippen LogP contribution in [-0.4, -0.2) is 60.9 Å². The Morgan fingerprint density at radius 1 is 1.36 bits per heavy atom. The van der Waals surface area contributed by atoms with Crippen LogP contribution in [0.2, 0.25) is 0 Å². The van der Waals surface area contributed by atoms with Crippen molar-refractivity contribution in [3.63, 3.8) is 0 Å². The third-order valence-corrected chi connectivity index (χ3v) is 3.80. The predicted octanol–water partition coefficient (Wildman–Crippen LogP) is 0.485. The van der Waals surface area contributed by atoms with Gasteiger partial charge >= 0.3 is 0 Å². The molecule has 2 amide bonds. The molecule has 118 valence electrons. The third kappa shape index (κ3) is 4.12. The number of hydrogen-bond donors (Lipinski definition) is 1. The van der Waals surface area contributed by atoms with E-state index in [2.05, 4.69) is 16.1 Å². The number of carbonyl (C=O) groups is 2. The molecule has 0 radical (unpaired) electrons. The van der Waals surface area contributed by atoms with E-state index in [-0.39, 0.29) is 18.4 Å². The van der Waals surface area contributed by atoms with Gasteiger partial charge in [-0.15, -0.1) is 12.3 Å². The SMILES string of the molecule is C#CCCN1CCN(C(=O)CNC(=O)c2ccoc2C)CC1. The number of piperazine rings is 1. The van der Waals surface area contributed by atoms with Crippen LogP contribution in [0.15, 0.2) is 16.7 Å². The van der Waals surface area contributed by atoms with Crippen molar-refractivity contribution < 1.29 is 14.0 Å². The molecular formula is C16H21N3O3. The van der Waals surface area contributed by atoms with Gasteiger partial charge in [-0.05, 0) is 13.0 Å². The van der Waals surface area contributed by atoms with Gasteiger partial charge in [0.1, 0.15) is 5.76 Å². The normalized spacial score (nSPS) is 15.4. The first kappa shape index (κ1) is 16.1. The van der Waals surface area contributed by atoms with Crippen molar-refractivity contribution in [2.24, 2.45) is 0 Å². The third-order valence-electron chi connectivity index (χ3n) is 3.80. The number of nitrogens with one attached hydrogen (secondary N) is 1. The van der Waals surface area contributed by atoms with E-state index in [1.165, 1.54) is 6.26 Å². The van der Waals surface area contributed by atoms with E-state index >= 15 is 0 Å². The summed E-state index contributed by atoms with van der Waals surface area (Å²) in [4.78, 5) is 28.0. The average molecular weight is 303 g/mol. The minimum absolute atomic E-state index is 0.00775. The van der Waals surface area contributed by atoms with Crippen molar-refractivity contribution in [2.45, 2.75) is 13.3 Å². The van der Waals surface area contributed by atoms with Crippen LogP contribution in [-0.2, 0) is 4.79 Å². The van der Waals surface area contributed by atoms with Crippen LogP contribution < -0.4 is 5.32 Å². The molecule has 0 unspecified atom stereocenters. The lowest BCUT2D eigenvalue weighted by molar-refractivity contribution is -0.131. The molecule has 1 aliphatic heterocycles. The van der Waals surface area contributed by atoms with Crippen molar-refractivity contribution in [1.82, 2.24) is 15.1 Å².